The Balaban J connectivity index is 3.17. The number of esters is 2. The second kappa shape index (κ2) is 8.60. The highest BCUT2D eigenvalue weighted by Crippen LogP contribution is 2.69. The summed E-state index contributed by atoms with van der Waals surface area (Å²) >= 11 is 0. The molecule has 212 valence electrons. The molecule has 1 saturated carbocycles. The van der Waals surface area contributed by atoms with E-state index in [0.29, 0.717) is 0 Å². The van der Waals surface area contributed by atoms with Crippen molar-refractivity contribution in [1.82, 2.24) is 0 Å². The highest BCUT2D eigenvalue weighted by molar-refractivity contribution is 5.84. The molecule has 1 aliphatic carbocycles. The van der Waals surface area contributed by atoms with Crippen molar-refractivity contribution < 1.29 is 67.4 Å². The van der Waals surface area contributed by atoms with Crippen molar-refractivity contribution in [2.24, 2.45) is 16.2 Å². The summed E-state index contributed by atoms with van der Waals surface area (Å²) in [6.45, 7) is 9.20. The van der Waals surface area contributed by atoms with E-state index in [0.717, 1.165) is 0 Å². The topological polar surface area (TPSA) is 52.6 Å². The van der Waals surface area contributed by atoms with E-state index < -0.39 is 76.7 Å². The van der Waals surface area contributed by atoms with Crippen molar-refractivity contribution in [3.05, 3.63) is 0 Å². The first-order chi connectivity index (χ1) is 15.5. The van der Waals surface area contributed by atoms with Crippen LogP contribution in [0.1, 0.15) is 54.9 Å². The molecule has 0 amide bonds. The van der Waals surface area contributed by atoms with Crippen LogP contribution in [0.2, 0.25) is 0 Å². The molecule has 1 atom stereocenters. The van der Waals surface area contributed by atoms with Crippen LogP contribution in [0.15, 0.2) is 0 Å². The van der Waals surface area contributed by atoms with E-state index in [-0.39, 0.29) is 6.42 Å². The fourth-order valence-electron chi connectivity index (χ4n) is 3.71. The molecule has 0 aromatic carbocycles. The van der Waals surface area contributed by atoms with E-state index in [1.165, 1.54) is 6.92 Å². The molecule has 0 heterocycles. The summed E-state index contributed by atoms with van der Waals surface area (Å²) < 4.78 is 159. The summed E-state index contributed by atoms with van der Waals surface area (Å²) in [7, 11) is 0. The fourth-order valence-corrected chi connectivity index (χ4v) is 3.71. The second-order valence-corrected chi connectivity index (χ2v) is 11.1. The minimum Gasteiger partial charge on any atom is -0.462 e. The van der Waals surface area contributed by atoms with Gasteiger partial charge in [0.15, 0.2) is 0 Å². The van der Waals surface area contributed by atoms with Gasteiger partial charge in [-0.2, -0.15) is 43.9 Å². The average Bonchev–Trinajstić information content (AvgIpc) is 2.66. The summed E-state index contributed by atoms with van der Waals surface area (Å²) in [6, 6.07) is 0. The Morgan fingerprint density at radius 2 is 0.917 bits per heavy atom. The molecule has 0 radical (unpaired) electrons. The van der Waals surface area contributed by atoms with Crippen LogP contribution in [0.3, 0.4) is 0 Å². The highest BCUT2D eigenvalue weighted by atomic mass is 19.4. The number of carbonyl (C=O) groups is 2. The largest absolute Gasteiger partial charge is 0.462 e. The Kier molecular flexibility index (Phi) is 7.69. The minimum atomic E-state index is -7.44. The molecule has 1 fully saturated rings. The summed E-state index contributed by atoms with van der Waals surface area (Å²) in [6.07, 6.45) is 0.215. The number of hydrogen-bond acceptors (Lipinski definition) is 4. The van der Waals surface area contributed by atoms with Crippen LogP contribution in [0.5, 0.6) is 0 Å². The molecule has 36 heavy (non-hydrogen) atoms. The lowest BCUT2D eigenvalue weighted by molar-refractivity contribution is -0.478. The zero-order valence-corrected chi connectivity index (χ0v) is 20.4. The van der Waals surface area contributed by atoms with Crippen LogP contribution in [-0.2, 0) is 19.1 Å². The van der Waals surface area contributed by atoms with E-state index in [2.05, 4.69) is 4.74 Å². The normalized spacial score (nSPS) is 25.4. The third kappa shape index (κ3) is 4.21. The van der Waals surface area contributed by atoms with Crippen LogP contribution in [0.4, 0.5) is 48.3 Å². The van der Waals surface area contributed by atoms with Crippen molar-refractivity contribution in [3.63, 3.8) is 0 Å². The fraction of sp³-hybridized carbons (Fsp3) is 0.905. The van der Waals surface area contributed by atoms with Gasteiger partial charge in [-0.05, 0) is 24.2 Å². The van der Waals surface area contributed by atoms with Crippen LogP contribution < -0.4 is 0 Å². The third-order valence-corrected chi connectivity index (χ3v) is 6.26. The van der Waals surface area contributed by atoms with Gasteiger partial charge in [0.25, 0.3) is 0 Å². The lowest BCUT2D eigenvalue weighted by Crippen LogP contribution is -2.85. The Bertz CT molecular complexity index is 842. The van der Waals surface area contributed by atoms with E-state index in [1.54, 1.807) is 41.5 Å². The maximum atomic E-state index is 14.6. The van der Waals surface area contributed by atoms with Crippen LogP contribution >= 0.6 is 0 Å². The Morgan fingerprint density at radius 1 is 0.583 bits per heavy atom. The van der Waals surface area contributed by atoms with Gasteiger partial charge in [-0.15, -0.1) is 0 Å². The summed E-state index contributed by atoms with van der Waals surface area (Å²) in [4.78, 5) is 24.4. The summed E-state index contributed by atoms with van der Waals surface area (Å²) in [5, 5.41) is 0. The van der Waals surface area contributed by atoms with E-state index in [1.807, 2.05) is 0 Å². The molecule has 1 unspecified atom stereocenters. The zero-order valence-electron chi connectivity index (χ0n) is 20.4. The van der Waals surface area contributed by atoms with Gasteiger partial charge in [-0.25, -0.2) is 9.18 Å². The van der Waals surface area contributed by atoms with Gasteiger partial charge >= 0.3 is 47.2 Å². The Hall–Kier alpha value is -1.83. The van der Waals surface area contributed by atoms with E-state index in [9.17, 15) is 57.9 Å². The predicted molar refractivity (Wildman–Crippen MR) is 102 cm³/mol. The molecule has 4 nitrogen and oxygen atoms in total. The molecule has 0 N–H and O–H groups in total. The molecule has 1 rings (SSSR count). The quantitative estimate of drug-likeness (QED) is 0.216. The van der Waals surface area contributed by atoms with Gasteiger partial charge in [-0.1, -0.05) is 41.5 Å². The summed E-state index contributed by atoms with van der Waals surface area (Å²) in [5.41, 5.74) is -9.34. The first kappa shape index (κ1) is 32.2. The molecule has 0 aliphatic heterocycles. The predicted octanol–water partition coefficient (Wildman–Crippen LogP) is 6.46. The Morgan fingerprint density at radius 3 is 1.25 bits per heavy atom. The highest BCUT2D eigenvalue weighted by Gasteiger charge is 3.03. The SMILES string of the molecule is CC(C)(C)CC(C)(C(=O)OCCOC(=O)C1(F)C(F)(F)C(F)(F)C(F)(F)C(F)(F)C1(F)F)C(C)(C)C. The maximum absolute atomic E-state index is 14.6. The Labute approximate surface area is 199 Å². The van der Waals surface area contributed by atoms with Crippen LogP contribution in [0.25, 0.3) is 0 Å². The van der Waals surface area contributed by atoms with Crippen molar-refractivity contribution in [1.29, 1.82) is 0 Å². The summed E-state index contributed by atoms with van der Waals surface area (Å²) in [5.74, 6) is -41.6. The molecular weight excluding hydrogens is 525 g/mol. The van der Waals surface area contributed by atoms with E-state index in [4.69, 9.17) is 4.74 Å². The number of carbonyl (C=O) groups excluding carboxylic acids is 2. The van der Waals surface area contributed by atoms with Crippen LogP contribution in [0, 0.1) is 16.2 Å². The van der Waals surface area contributed by atoms with Gasteiger partial charge in [0, 0.05) is 0 Å². The standard InChI is InChI=1S/C21H27F11O4/c1-13(2,3)10-15(7,14(4,5)6)11(33)35-8-9-36-12(34)16(22)17(23,24)19(27,28)21(31,32)20(29,30)18(16,25)26/h8-10H2,1-7H3. The lowest BCUT2D eigenvalue weighted by atomic mass is 9.61. The average molecular weight is 552 g/mol. The molecule has 0 spiro atoms. The molecule has 0 bridgehead atoms. The molecule has 1 aliphatic rings. The lowest BCUT2D eigenvalue weighted by Gasteiger charge is -2.50. The molecule has 0 saturated heterocycles. The van der Waals surface area contributed by atoms with Crippen molar-refractivity contribution >= 4 is 11.9 Å². The molecule has 0 aromatic rings. The van der Waals surface area contributed by atoms with E-state index >= 15 is 0 Å². The first-order valence-electron chi connectivity index (χ1n) is 10.4. The van der Waals surface area contributed by atoms with Crippen molar-refractivity contribution in [2.75, 3.05) is 13.2 Å². The van der Waals surface area contributed by atoms with Crippen LogP contribution in [-0.4, -0.2) is 60.4 Å². The number of ether oxygens (including phenoxy) is 2. The van der Waals surface area contributed by atoms with Gasteiger partial charge in [-0.3, -0.25) is 4.79 Å². The van der Waals surface area contributed by atoms with Gasteiger partial charge in [0.05, 0.1) is 5.41 Å². The van der Waals surface area contributed by atoms with Crippen molar-refractivity contribution in [3.8, 4) is 0 Å². The number of hydrogen-bond donors (Lipinski definition) is 0. The minimum absolute atomic E-state index is 0.215. The third-order valence-electron chi connectivity index (χ3n) is 6.26. The smallest absolute Gasteiger partial charge is 0.384 e. The second-order valence-electron chi connectivity index (χ2n) is 11.1. The zero-order chi connectivity index (χ0) is 29.2. The van der Waals surface area contributed by atoms with Gasteiger partial charge in [0.2, 0.25) is 0 Å². The maximum Gasteiger partial charge on any atom is 0.384 e. The molecule has 0 aromatic heterocycles. The molecule has 15 heteroatoms. The van der Waals surface area contributed by atoms with Crippen molar-refractivity contribution in [2.45, 2.75) is 90.2 Å². The van der Waals surface area contributed by atoms with Gasteiger partial charge in [0.1, 0.15) is 13.2 Å². The monoisotopic (exact) mass is 552 g/mol. The molecular formula is C21H27F11O4. The number of rotatable bonds is 6. The van der Waals surface area contributed by atoms with Gasteiger partial charge < -0.3 is 9.47 Å². The number of halogens is 11. The number of alkyl halides is 11. The first-order valence-corrected chi connectivity index (χ1v) is 10.4.